The Labute approximate surface area is 111 Å². The molecule has 1 nitrogen and oxygen atoms in total. The summed E-state index contributed by atoms with van der Waals surface area (Å²) in [6.07, 6.45) is 13.6. The van der Waals surface area contributed by atoms with Gasteiger partial charge in [-0.25, -0.2) is 0 Å². The fourth-order valence-corrected chi connectivity index (χ4v) is 2.23. The lowest BCUT2D eigenvalue weighted by Gasteiger charge is -2.01. The molecule has 1 aromatic rings. The monoisotopic (exact) mass is 252 g/mol. The number of halogens is 1. The fraction of sp³-hybridized carbons (Fsp3) is 0.688. The van der Waals surface area contributed by atoms with Gasteiger partial charge in [0.25, 0.3) is 0 Å². The van der Waals surface area contributed by atoms with E-state index in [4.69, 9.17) is 0 Å². The van der Waals surface area contributed by atoms with Gasteiger partial charge in [0.15, 0.2) is 12.7 Å². The first-order valence-electron chi connectivity index (χ1n) is 7.48. The van der Waals surface area contributed by atoms with Crippen molar-refractivity contribution < 1.29 is 8.96 Å². The number of rotatable bonds is 10. The summed E-state index contributed by atoms with van der Waals surface area (Å²) in [6.45, 7) is 3.06. The predicted molar refractivity (Wildman–Crippen MR) is 73.8 cm³/mol. The second-order valence-electron chi connectivity index (χ2n) is 5.05. The first kappa shape index (κ1) is 15.1. The van der Waals surface area contributed by atoms with Gasteiger partial charge >= 0.3 is 5.95 Å². The molecule has 1 aromatic heterocycles. The lowest BCUT2D eigenvalue weighted by molar-refractivity contribution is -0.724. The highest BCUT2D eigenvalue weighted by Crippen LogP contribution is 2.09. The number of unbranched alkanes of at least 4 members (excludes halogenated alkanes) is 8. The van der Waals surface area contributed by atoms with Crippen LogP contribution in [0.4, 0.5) is 4.39 Å². The smallest absolute Gasteiger partial charge is 0.174 e. The minimum atomic E-state index is -0.128. The van der Waals surface area contributed by atoms with Crippen LogP contribution in [0.3, 0.4) is 0 Å². The fourth-order valence-electron chi connectivity index (χ4n) is 2.23. The summed E-state index contributed by atoms with van der Waals surface area (Å²) in [5.74, 6) is -0.128. The number of aromatic nitrogens is 1. The largest absolute Gasteiger partial charge is 0.359 e. The first-order chi connectivity index (χ1) is 8.84. The summed E-state index contributed by atoms with van der Waals surface area (Å²) < 4.78 is 15.0. The molecule has 0 aliphatic heterocycles. The van der Waals surface area contributed by atoms with E-state index in [1.54, 1.807) is 10.6 Å². The maximum Gasteiger partial charge on any atom is 0.359 e. The average Bonchev–Trinajstić information content (AvgIpc) is 2.39. The van der Waals surface area contributed by atoms with Crippen LogP contribution in [0.5, 0.6) is 0 Å². The highest BCUT2D eigenvalue weighted by molar-refractivity contribution is 4.85. The van der Waals surface area contributed by atoms with Gasteiger partial charge in [0.1, 0.15) is 0 Å². The molecule has 18 heavy (non-hydrogen) atoms. The molecule has 0 unspecified atom stereocenters. The standard InChI is InChI=1S/C16H27FN/c1-2-3-4-5-6-7-8-9-11-14-18-15-12-10-13-16(18)17/h10,12-13,15H,2-9,11,14H2,1H3/q+1. The Bertz CT molecular complexity index is 312. The van der Waals surface area contributed by atoms with E-state index < -0.39 is 0 Å². The van der Waals surface area contributed by atoms with E-state index in [9.17, 15) is 4.39 Å². The number of hydrogen-bond acceptors (Lipinski definition) is 0. The average molecular weight is 252 g/mol. The number of pyridine rings is 1. The molecule has 0 aliphatic rings. The molecule has 0 bridgehead atoms. The number of nitrogens with zero attached hydrogens (tertiary/aromatic N) is 1. The van der Waals surface area contributed by atoms with Gasteiger partial charge in [-0.1, -0.05) is 51.9 Å². The van der Waals surface area contributed by atoms with Gasteiger partial charge in [-0.05, 0) is 12.5 Å². The van der Waals surface area contributed by atoms with E-state index in [1.807, 2.05) is 12.3 Å². The van der Waals surface area contributed by atoms with Crippen LogP contribution >= 0.6 is 0 Å². The highest BCUT2D eigenvalue weighted by atomic mass is 19.1. The summed E-state index contributed by atoms with van der Waals surface area (Å²) in [5, 5.41) is 0. The van der Waals surface area contributed by atoms with Crippen molar-refractivity contribution in [1.82, 2.24) is 0 Å². The van der Waals surface area contributed by atoms with Crippen molar-refractivity contribution in [3.05, 3.63) is 30.3 Å². The molecule has 0 atom stereocenters. The van der Waals surface area contributed by atoms with Crippen molar-refractivity contribution in [1.29, 1.82) is 0 Å². The number of aryl methyl sites for hydroxylation is 1. The highest BCUT2D eigenvalue weighted by Gasteiger charge is 2.06. The van der Waals surface area contributed by atoms with Gasteiger partial charge in [-0.2, -0.15) is 4.57 Å². The molecule has 1 rings (SSSR count). The topological polar surface area (TPSA) is 3.88 Å². The van der Waals surface area contributed by atoms with Crippen molar-refractivity contribution in [2.45, 2.75) is 71.3 Å². The maximum absolute atomic E-state index is 13.3. The first-order valence-corrected chi connectivity index (χ1v) is 7.48. The molecule has 0 N–H and O–H groups in total. The molecule has 0 saturated heterocycles. The molecular weight excluding hydrogens is 225 g/mol. The Morgan fingerprint density at radius 2 is 1.50 bits per heavy atom. The van der Waals surface area contributed by atoms with Crippen molar-refractivity contribution in [2.75, 3.05) is 0 Å². The Balaban J connectivity index is 1.94. The van der Waals surface area contributed by atoms with Crippen LogP contribution < -0.4 is 4.57 Å². The third kappa shape index (κ3) is 6.73. The zero-order chi connectivity index (χ0) is 13.1. The SMILES string of the molecule is CCCCCCCCCCC[n+]1ccccc1F. The quantitative estimate of drug-likeness (QED) is 0.324. The molecule has 0 fully saturated rings. The normalized spacial score (nSPS) is 10.8. The molecule has 1 heterocycles. The molecule has 0 amide bonds. The minimum Gasteiger partial charge on any atom is -0.174 e. The van der Waals surface area contributed by atoms with Crippen molar-refractivity contribution in [3.63, 3.8) is 0 Å². The van der Waals surface area contributed by atoms with Crippen molar-refractivity contribution >= 4 is 0 Å². The summed E-state index contributed by atoms with van der Waals surface area (Å²) in [6, 6.07) is 5.15. The third-order valence-electron chi connectivity index (χ3n) is 3.39. The van der Waals surface area contributed by atoms with Gasteiger partial charge in [0.05, 0.1) is 0 Å². The van der Waals surface area contributed by atoms with Gasteiger partial charge in [-0.3, -0.25) is 0 Å². The van der Waals surface area contributed by atoms with E-state index in [1.165, 1.54) is 57.4 Å². The maximum atomic E-state index is 13.3. The van der Waals surface area contributed by atoms with Gasteiger partial charge < -0.3 is 0 Å². The molecule has 0 radical (unpaired) electrons. The van der Waals surface area contributed by atoms with Crippen LogP contribution in [0.1, 0.15) is 64.7 Å². The summed E-state index contributed by atoms with van der Waals surface area (Å²) in [5.41, 5.74) is 0. The lowest BCUT2D eigenvalue weighted by atomic mass is 10.1. The van der Waals surface area contributed by atoms with Gasteiger partial charge in [-0.15, -0.1) is 4.39 Å². The van der Waals surface area contributed by atoms with Gasteiger partial charge in [0.2, 0.25) is 0 Å². The van der Waals surface area contributed by atoms with Crippen LogP contribution in [0.25, 0.3) is 0 Å². The minimum absolute atomic E-state index is 0.128. The summed E-state index contributed by atoms with van der Waals surface area (Å²) >= 11 is 0. The van der Waals surface area contributed by atoms with Crippen LogP contribution in [0.15, 0.2) is 24.4 Å². The second-order valence-corrected chi connectivity index (χ2v) is 5.05. The van der Waals surface area contributed by atoms with Crippen LogP contribution in [-0.2, 0) is 6.54 Å². The predicted octanol–water partition coefficient (Wildman–Crippen LogP) is 4.64. The zero-order valence-corrected chi connectivity index (χ0v) is 11.7. The molecule has 2 heteroatoms. The number of hydrogen-bond donors (Lipinski definition) is 0. The van der Waals surface area contributed by atoms with Crippen molar-refractivity contribution in [3.8, 4) is 0 Å². The second kappa shape index (κ2) is 10.0. The Hall–Kier alpha value is -0.920. The summed E-state index contributed by atoms with van der Waals surface area (Å²) in [7, 11) is 0. The van der Waals surface area contributed by atoms with Crippen LogP contribution in [0, 0.1) is 5.95 Å². The van der Waals surface area contributed by atoms with E-state index in [0.29, 0.717) is 0 Å². The summed E-state index contributed by atoms with van der Waals surface area (Å²) in [4.78, 5) is 0. The van der Waals surface area contributed by atoms with E-state index in [-0.39, 0.29) is 5.95 Å². The molecule has 0 saturated carbocycles. The lowest BCUT2D eigenvalue weighted by Crippen LogP contribution is -2.37. The van der Waals surface area contributed by atoms with Crippen LogP contribution in [-0.4, -0.2) is 0 Å². The Kier molecular flexibility index (Phi) is 8.45. The van der Waals surface area contributed by atoms with Crippen molar-refractivity contribution in [2.24, 2.45) is 0 Å². The molecule has 102 valence electrons. The molecular formula is C16H27FN+. The van der Waals surface area contributed by atoms with E-state index in [2.05, 4.69) is 6.92 Å². The zero-order valence-electron chi connectivity index (χ0n) is 11.7. The van der Waals surface area contributed by atoms with E-state index in [0.717, 1.165) is 13.0 Å². The van der Waals surface area contributed by atoms with Gasteiger partial charge in [0, 0.05) is 18.6 Å². The van der Waals surface area contributed by atoms with E-state index >= 15 is 0 Å². The third-order valence-corrected chi connectivity index (χ3v) is 3.39. The molecule has 0 spiro atoms. The Morgan fingerprint density at radius 1 is 0.889 bits per heavy atom. The molecule has 0 aromatic carbocycles. The molecule has 0 aliphatic carbocycles. The van der Waals surface area contributed by atoms with Crippen LogP contribution in [0.2, 0.25) is 0 Å². The Morgan fingerprint density at radius 3 is 2.11 bits per heavy atom.